The topological polar surface area (TPSA) is 50.9 Å². The minimum Gasteiger partial charge on any atom is -0.388 e. The lowest BCUT2D eigenvalue weighted by atomic mass is 10.0. The maximum absolute atomic E-state index is 10.4. The molecular formula is C17H19N3O. The number of aryl methyl sites for hydroxylation is 3. The molecule has 1 atom stereocenters. The van der Waals surface area contributed by atoms with Crippen molar-refractivity contribution in [3.05, 3.63) is 59.5 Å². The highest BCUT2D eigenvalue weighted by Crippen LogP contribution is 2.23. The molecule has 21 heavy (non-hydrogen) atoms. The van der Waals surface area contributed by atoms with Gasteiger partial charge >= 0.3 is 0 Å². The van der Waals surface area contributed by atoms with Gasteiger partial charge in [0.2, 0.25) is 0 Å². The smallest absolute Gasteiger partial charge is 0.0793 e. The number of nitrogens with zero attached hydrogens (tertiary/aromatic N) is 3. The van der Waals surface area contributed by atoms with E-state index < -0.39 is 6.10 Å². The molecule has 0 aliphatic rings. The molecule has 0 fully saturated rings. The van der Waals surface area contributed by atoms with Crippen LogP contribution in [0.5, 0.6) is 0 Å². The quantitative estimate of drug-likeness (QED) is 0.800. The Labute approximate surface area is 124 Å². The van der Waals surface area contributed by atoms with Crippen molar-refractivity contribution < 1.29 is 5.11 Å². The molecule has 1 N–H and O–H groups in total. The molecule has 4 nitrogen and oxygen atoms in total. The Bertz CT molecular complexity index is 764. The van der Waals surface area contributed by atoms with Gasteiger partial charge in [0.05, 0.1) is 17.8 Å². The molecule has 0 amide bonds. The van der Waals surface area contributed by atoms with Gasteiger partial charge < -0.3 is 5.11 Å². The molecule has 1 unspecified atom stereocenters. The normalized spacial score (nSPS) is 12.7. The van der Waals surface area contributed by atoms with Crippen molar-refractivity contribution in [3.8, 4) is 0 Å². The minimum atomic E-state index is -0.462. The monoisotopic (exact) mass is 281 g/mol. The molecular weight excluding hydrogens is 262 g/mol. The van der Waals surface area contributed by atoms with Gasteiger partial charge in [-0.15, -0.1) is 0 Å². The molecule has 0 saturated carbocycles. The number of aliphatic hydroxyl groups excluding tert-OH is 1. The molecule has 0 saturated heterocycles. The van der Waals surface area contributed by atoms with Crippen molar-refractivity contribution in [3.63, 3.8) is 0 Å². The van der Waals surface area contributed by atoms with E-state index >= 15 is 0 Å². The molecule has 0 spiro atoms. The van der Waals surface area contributed by atoms with Crippen LogP contribution in [0.25, 0.3) is 10.9 Å². The zero-order chi connectivity index (χ0) is 14.8. The third-order valence-electron chi connectivity index (χ3n) is 3.70. The highest BCUT2D eigenvalue weighted by molar-refractivity contribution is 5.79. The van der Waals surface area contributed by atoms with Gasteiger partial charge in [-0.05, 0) is 49.1 Å². The van der Waals surface area contributed by atoms with Crippen molar-refractivity contribution in [2.24, 2.45) is 7.05 Å². The van der Waals surface area contributed by atoms with E-state index in [9.17, 15) is 5.11 Å². The van der Waals surface area contributed by atoms with Crippen LogP contribution >= 0.6 is 0 Å². The molecule has 1 aromatic carbocycles. The first-order valence-corrected chi connectivity index (χ1v) is 7.15. The second-order valence-corrected chi connectivity index (χ2v) is 5.48. The van der Waals surface area contributed by atoms with Crippen LogP contribution < -0.4 is 0 Å². The number of hydrogen-bond donors (Lipinski definition) is 1. The largest absolute Gasteiger partial charge is 0.388 e. The Morgan fingerprint density at radius 1 is 1.24 bits per heavy atom. The number of aliphatic hydroxyl groups is 1. The standard InChI is InChI=1S/C17H19N3O/c1-12-3-5-14-9-15(6-7-16(14)19-12)17(21)8-4-13-10-18-20(2)11-13/h3,5-7,9-11,17,21H,4,8H2,1-2H3. The second-order valence-electron chi connectivity index (χ2n) is 5.48. The van der Waals surface area contributed by atoms with Gasteiger partial charge in [0.1, 0.15) is 0 Å². The third kappa shape index (κ3) is 3.11. The summed E-state index contributed by atoms with van der Waals surface area (Å²) in [5, 5.41) is 15.6. The molecule has 2 aromatic heterocycles. The molecule has 0 aliphatic heterocycles. The minimum absolute atomic E-state index is 0.462. The van der Waals surface area contributed by atoms with E-state index in [0.29, 0.717) is 6.42 Å². The van der Waals surface area contributed by atoms with E-state index in [1.165, 1.54) is 0 Å². The van der Waals surface area contributed by atoms with Gasteiger partial charge in [-0.25, -0.2) is 0 Å². The van der Waals surface area contributed by atoms with Crippen LogP contribution in [0.2, 0.25) is 0 Å². The molecule has 3 aromatic rings. The Morgan fingerprint density at radius 2 is 2.10 bits per heavy atom. The van der Waals surface area contributed by atoms with Crippen molar-refractivity contribution in [2.45, 2.75) is 25.9 Å². The molecule has 4 heteroatoms. The molecule has 3 rings (SSSR count). The van der Waals surface area contributed by atoms with E-state index in [0.717, 1.165) is 34.1 Å². The van der Waals surface area contributed by atoms with Gasteiger partial charge in [-0.1, -0.05) is 12.1 Å². The number of hydrogen-bond acceptors (Lipinski definition) is 3. The van der Waals surface area contributed by atoms with Crippen molar-refractivity contribution >= 4 is 10.9 Å². The van der Waals surface area contributed by atoms with E-state index in [-0.39, 0.29) is 0 Å². The average Bonchev–Trinajstić information content (AvgIpc) is 2.90. The number of aromatic nitrogens is 3. The Hall–Kier alpha value is -2.20. The van der Waals surface area contributed by atoms with Crippen LogP contribution in [0.4, 0.5) is 0 Å². The fourth-order valence-electron chi connectivity index (χ4n) is 2.52. The summed E-state index contributed by atoms with van der Waals surface area (Å²) < 4.78 is 1.78. The summed E-state index contributed by atoms with van der Waals surface area (Å²) in [6.45, 7) is 1.98. The Kier molecular flexibility index (Phi) is 3.71. The maximum atomic E-state index is 10.4. The highest BCUT2D eigenvalue weighted by Gasteiger charge is 2.09. The summed E-state index contributed by atoms with van der Waals surface area (Å²) >= 11 is 0. The van der Waals surface area contributed by atoms with Crippen LogP contribution in [0, 0.1) is 6.92 Å². The molecule has 0 radical (unpaired) electrons. The maximum Gasteiger partial charge on any atom is 0.0793 e. The first-order valence-electron chi connectivity index (χ1n) is 7.15. The zero-order valence-electron chi connectivity index (χ0n) is 12.3. The van der Waals surface area contributed by atoms with Gasteiger partial charge in [-0.3, -0.25) is 9.67 Å². The molecule has 0 bridgehead atoms. The number of pyridine rings is 1. The fourth-order valence-corrected chi connectivity index (χ4v) is 2.52. The SMILES string of the molecule is Cc1ccc2cc(C(O)CCc3cnn(C)c3)ccc2n1. The van der Waals surface area contributed by atoms with E-state index in [2.05, 4.69) is 16.1 Å². The molecule has 108 valence electrons. The first-order chi connectivity index (χ1) is 10.1. The van der Waals surface area contributed by atoms with Crippen LogP contribution in [-0.2, 0) is 13.5 Å². The van der Waals surface area contributed by atoms with Crippen molar-refractivity contribution in [1.29, 1.82) is 0 Å². The van der Waals surface area contributed by atoms with E-state index in [1.54, 1.807) is 4.68 Å². The second kappa shape index (κ2) is 5.66. The average molecular weight is 281 g/mol. The fraction of sp³-hybridized carbons (Fsp3) is 0.294. The van der Waals surface area contributed by atoms with Gasteiger partial charge in [0.25, 0.3) is 0 Å². The zero-order valence-corrected chi connectivity index (χ0v) is 12.3. The Balaban J connectivity index is 1.74. The van der Waals surface area contributed by atoms with Crippen LogP contribution in [0.1, 0.15) is 29.3 Å². The summed E-state index contributed by atoms with van der Waals surface area (Å²) in [6.07, 6.45) is 4.88. The predicted octanol–water partition coefficient (Wildman–Crippen LogP) is 2.94. The van der Waals surface area contributed by atoms with Crippen molar-refractivity contribution in [2.75, 3.05) is 0 Å². The lowest BCUT2D eigenvalue weighted by Gasteiger charge is -2.11. The van der Waals surface area contributed by atoms with Gasteiger partial charge in [0, 0.05) is 24.3 Å². The Morgan fingerprint density at radius 3 is 2.86 bits per heavy atom. The van der Waals surface area contributed by atoms with Crippen LogP contribution in [0.3, 0.4) is 0 Å². The van der Waals surface area contributed by atoms with Crippen LogP contribution in [-0.4, -0.2) is 19.9 Å². The highest BCUT2D eigenvalue weighted by atomic mass is 16.3. The summed E-state index contributed by atoms with van der Waals surface area (Å²) in [5.74, 6) is 0. The lowest BCUT2D eigenvalue weighted by Crippen LogP contribution is -1.99. The number of rotatable bonds is 4. The van der Waals surface area contributed by atoms with Gasteiger partial charge in [-0.2, -0.15) is 5.10 Å². The first kappa shape index (κ1) is 13.8. The molecule has 2 heterocycles. The van der Waals surface area contributed by atoms with E-state index in [4.69, 9.17) is 0 Å². The summed E-state index contributed by atoms with van der Waals surface area (Å²) in [6, 6.07) is 10.0. The number of benzene rings is 1. The lowest BCUT2D eigenvalue weighted by molar-refractivity contribution is 0.168. The number of fused-ring (bicyclic) bond motifs is 1. The predicted molar refractivity (Wildman–Crippen MR) is 83.0 cm³/mol. The van der Waals surface area contributed by atoms with Crippen LogP contribution in [0.15, 0.2) is 42.7 Å². The van der Waals surface area contributed by atoms with Crippen molar-refractivity contribution in [1.82, 2.24) is 14.8 Å². The summed E-state index contributed by atoms with van der Waals surface area (Å²) in [7, 11) is 1.90. The molecule has 0 aliphatic carbocycles. The summed E-state index contributed by atoms with van der Waals surface area (Å²) in [5.41, 5.74) is 4.07. The summed E-state index contributed by atoms with van der Waals surface area (Å²) in [4.78, 5) is 4.48. The third-order valence-corrected chi connectivity index (χ3v) is 3.70. The van der Waals surface area contributed by atoms with E-state index in [1.807, 2.05) is 50.6 Å². The van der Waals surface area contributed by atoms with Gasteiger partial charge in [0.15, 0.2) is 0 Å².